The van der Waals surface area contributed by atoms with E-state index in [0.717, 1.165) is 25.4 Å². The lowest BCUT2D eigenvalue weighted by molar-refractivity contribution is -0.0334. The highest BCUT2D eigenvalue weighted by atomic mass is 16.5. The van der Waals surface area contributed by atoms with Crippen LogP contribution in [0.2, 0.25) is 0 Å². The van der Waals surface area contributed by atoms with Crippen LogP contribution in [0.4, 0.5) is 0 Å². The smallest absolute Gasteiger partial charge is 0.0879 e. The molecule has 3 N–H and O–H groups in total. The maximum absolute atomic E-state index is 6.29. The average Bonchev–Trinajstić information content (AvgIpc) is 2.38. The van der Waals surface area contributed by atoms with Gasteiger partial charge < -0.3 is 15.8 Å². The second kappa shape index (κ2) is 6.88. The fourth-order valence-corrected chi connectivity index (χ4v) is 3.56. The fraction of sp³-hybridized carbons (Fsp3) is 1.00. The molecule has 1 aliphatic carbocycles. The van der Waals surface area contributed by atoms with Gasteiger partial charge in [0.25, 0.3) is 0 Å². The monoisotopic (exact) mass is 254 g/mol. The Morgan fingerprint density at radius 2 is 1.94 bits per heavy atom. The summed E-state index contributed by atoms with van der Waals surface area (Å²) < 4.78 is 6.20. The molecule has 2 fully saturated rings. The Bertz CT molecular complexity index is 241. The third kappa shape index (κ3) is 3.69. The van der Waals surface area contributed by atoms with Crippen molar-refractivity contribution in [3.63, 3.8) is 0 Å². The van der Waals surface area contributed by atoms with Gasteiger partial charge in [-0.05, 0) is 38.5 Å². The Morgan fingerprint density at radius 1 is 1.22 bits per heavy atom. The number of rotatable bonds is 4. The van der Waals surface area contributed by atoms with Gasteiger partial charge >= 0.3 is 0 Å². The molecule has 1 saturated carbocycles. The van der Waals surface area contributed by atoms with Gasteiger partial charge in [-0.3, -0.25) is 0 Å². The van der Waals surface area contributed by atoms with Crippen LogP contribution in [0, 0.1) is 5.92 Å². The standard InChI is InChI=1S/C15H30N2O/c1-3-14-15(13(16)9-11(2)17-14)18-10-12-7-5-4-6-8-12/h11-15,17H,3-10,16H2,1-2H3. The van der Waals surface area contributed by atoms with E-state index in [2.05, 4.69) is 19.2 Å². The zero-order chi connectivity index (χ0) is 13.0. The average molecular weight is 254 g/mol. The Morgan fingerprint density at radius 3 is 2.61 bits per heavy atom. The summed E-state index contributed by atoms with van der Waals surface area (Å²) in [6, 6.07) is 1.17. The van der Waals surface area contributed by atoms with Gasteiger partial charge in [0.2, 0.25) is 0 Å². The van der Waals surface area contributed by atoms with E-state index in [1.165, 1.54) is 32.1 Å². The summed E-state index contributed by atoms with van der Waals surface area (Å²) in [6.45, 7) is 5.37. The van der Waals surface area contributed by atoms with Crippen molar-refractivity contribution in [1.82, 2.24) is 5.32 Å². The molecule has 0 aromatic heterocycles. The Labute approximate surface area is 112 Å². The summed E-state index contributed by atoms with van der Waals surface area (Å²) in [5.41, 5.74) is 6.29. The molecule has 106 valence electrons. The van der Waals surface area contributed by atoms with Crippen molar-refractivity contribution < 1.29 is 4.74 Å². The number of nitrogens with two attached hydrogens (primary N) is 1. The molecule has 0 aromatic rings. The molecule has 0 bridgehead atoms. The van der Waals surface area contributed by atoms with Crippen LogP contribution >= 0.6 is 0 Å². The van der Waals surface area contributed by atoms with Crippen molar-refractivity contribution in [2.24, 2.45) is 11.7 Å². The maximum atomic E-state index is 6.29. The minimum absolute atomic E-state index is 0.204. The summed E-state index contributed by atoms with van der Waals surface area (Å²) >= 11 is 0. The highest BCUT2D eigenvalue weighted by Crippen LogP contribution is 2.26. The van der Waals surface area contributed by atoms with E-state index in [9.17, 15) is 0 Å². The Balaban J connectivity index is 1.81. The quantitative estimate of drug-likeness (QED) is 0.810. The van der Waals surface area contributed by atoms with Crippen LogP contribution in [0.25, 0.3) is 0 Å². The normalized spacial score (nSPS) is 38.8. The van der Waals surface area contributed by atoms with Crippen molar-refractivity contribution >= 4 is 0 Å². The molecule has 4 atom stereocenters. The van der Waals surface area contributed by atoms with Crippen molar-refractivity contribution in [2.75, 3.05) is 6.61 Å². The number of ether oxygens (including phenoxy) is 1. The molecule has 0 aromatic carbocycles. The molecule has 1 saturated heterocycles. The van der Waals surface area contributed by atoms with Crippen LogP contribution in [0.3, 0.4) is 0 Å². The van der Waals surface area contributed by atoms with Crippen molar-refractivity contribution in [2.45, 2.75) is 83.0 Å². The molecular weight excluding hydrogens is 224 g/mol. The molecule has 4 unspecified atom stereocenters. The number of hydrogen-bond acceptors (Lipinski definition) is 3. The number of nitrogens with one attached hydrogen (secondary N) is 1. The molecule has 2 rings (SSSR count). The minimum Gasteiger partial charge on any atom is -0.375 e. The van der Waals surface area contributed by atoms with E-state index in [4.69, 9.17) is 10.5 Å². The van der Waals surface area contributed by atoms with Gasteiger partial charge in [0.1, 0.15) is 0 Å². The van der Waals surface area contributed by atoms with Gasteiger partial charge in [0.05, 0.1) is 6.10 Å². The Hall–Kier alpha value is -0.120. The number of hydrogen-bond donors (Lipinski definition) is 2. The van der Waals surface area contributed by atoms with E-state index in [1.807, 2.05) is 0 Å². The lowest BCUT2D eigenvalue weighted by atomic mass is 9.88. The highest BCUT2D eigenvalue weighted by Gasteiger charge is 2.34. The predicted molar refractivity (Wildman–Crippen MR) is 75.6 cm³/mol. The summed E-state index contributed by atoms with van der Waals surface area (Å²) in [4.78, 5) is 0. The fourth-order valence-electron chi connectivity index (χ4n) is 3.56. The summed E-state index contributed by atoms with van der Waals surface area (Å²) in [6.07, 6.45) is 9.24. The van der Waals surface area contributed by atoms with Gasteiger partial charge in [-0.1, -0.05) is 26.2 Å². The molecule has 1 aliphatic heterocycles. The first-order chi connectivity index (χ1) is 8.70. The molecule has 2 aliphatic rings. The van der Waals surface area contributed by atoms with Gasteiger partial charge in [-0.2, -0.15) is 0 Å². The van der Waals surface area contributed by atoms with Crippen LogP contribution in [0.1, 0.15) is 58.8 Å². The van der Waals surface area contributed by atoms with Gasteiger partial charge in [-0.15, -0.1) is 0 Å². The van der Waals surface area contributed by atoms with E-state index in [0.29, 0.717) is 12.1 Å². The third-order valence-electron chi connectivity index (χ3n) is 4.63. The first kappa shape index (κ1) is 14.3. The van der Waals surface area contributed by atoms with E-state index >= 15 is 0 Å². The van der Waals surface area contributed by atoms with Crippen LogP contribution < -0.4 is 11.1 Å². The lowest BCUT2D eigenvalue weighted by Gasteiger charge is -2.40. The first-order valence-electron chi connectivity index (χ1n) is 7.84. The van der Waals surface area contributed by atoms with Crippen molar-refractivity contribution in [3.05, 3.63) is 0 Å². The second-order valence-corrected chi connectivity index (χ2v) is 6.28. The largest absolute Gasteiger partial charge is 0.375 e. The molecule has 0 radical (unpaired) electrons. The maximum Gasteiger partial charge on any atom is 0.0879 e. The summed E-state index contributed by atoms with van der Waals surface area (Å²) in [5, 5.41) is 3.63. The molecule has 0 spiro atoms. The first-order valence-corrected chi connectivity index (χ1v) is 7.84. The zero-order valence-corrected chi connectivity index (χ0v) is 12.0. The minimum atomic E-state index is 0.204. The molecule has 1 heterocycles. The summed E-state index contributed by atoms with van der Waals surface area (Å²) in [5.74, 6) is 0.780. The number of piperidine rings is 1. The lowest BCUT2D eigenvalue weighted by Crippen LogP contribution is -2.59. The van der Waals surface area contributed by atoms with Crippen LogP contribution in [-0.2, 0) is 4.74 Å². The van der Waals surface area contributed by atoms with Crippen LogP contribution in [0.5, 0.6) is 0 Å². The van der Waals surface area contributed by atoms with E-state index in [-0.39, 0.29) is 12.1 Å². The van der Waals surface area contributed by atoms with Crippen molar-refractivity contribution in [3.8, 4) is 0 Å². The predicted octanol–water partition coefficient (Wildman–Crippen LogP) is 2.44. The van der Waals surface area contributed by atoms with Gasteiger partial charge in [0, 0.05) is 24.7 Å². The second-order valence-electron chi connectivity index (χ2n) is 6.28. The van der Waals surface area contributed by atoms with Crippen LogP contribution in [0.15, 0.2) is 0 Å². The molecule has 3 nitrogen and oxygen atoms in total. The van der Waals surface area contributed by atoms with Crippen LogP contribution in [-0.4, -0.2) is 30.8 Å². The molecule has 0 amide bonds. The van der Waals surface area contributed by atoms with Gasteiger partial charge in [-0.25, -0.2) is 0 Å². The highest BCUT2D eigenvalue weighted by molar-refractivity contribution is 4.93. The third-order valence-corrected chi connectivity index (χ3v) is 4.63. The SMILES string of the molecule is CCC1NC(C)CC(N)C1OCC1CCCCC1. The molecule has 18 heavy (non-hydrogen) atoms. The van der Waals surface area contributed by atoms with Crippen molar-refractivity contribution in [1.29, 1.82) is 0 Å². The summed E-state index contributed by atoms with van der Waals surface area (Å²) in [7, 11) is 0. The van der Waals surface area contributed by atoms with Gasteiger partial charge in [0.15, 0.2) is 0 Å². The van der Waals surface area contributed by atoms with E-state index < -0.39 is 0 Å². The zero-order valence-electron chi connectivity index (χ0n) is 12.0. The van der Waals surface area contributed by atoms with E-state index in [1.54, 1.807) is 0 Å². The molecule has 3 heteroatoms. The topological polar surface area (TPSA) is 47.3 Å². The Kier molecular flexibility index (Phi) is 5.46. The molecular formula is C15H30N2O.